The third kappa shape index (κ3) is 8.23. The van der Waals surface area contributed by atoms with E-state index in [9.17, 15) is 9.90 Å². The highest BCUT2D eigenvalue weighted by atomic mass is 35.6. The number of carboxylic acid groups (broad SMARTS) is 1. The van der Waals surface area contributed by atoms with Gasteiger partial charge in [-0.25, -0.2) is 4.79 Å². The highest BCUT2D eigenvalue weighted by Crippen LogP contribution is 2.63. The standard InChI is InChI=1S/C20H32Cl8O2/c1-3-5-6-7-8-9-10-11-12-13-14-15(4-2)17(21,22)19(25,26)20(27,28)18(23,24)16(29)30/h15H,3-14H2,1-2H3,(H,29,30). The first-order chi connectivity index (χ1) is 13.7. The number of carbonyl (C=O) groups is 1. The molecule has 0 aliphatic heterocycles. The lowest BCUT2D eigenvalue weighted by atomic mass is 9.90. The number of aliphatic carboxylic acids is 1. The molecule has 0 amide bonds. The lowest BCUT2D eigenvalue weighted by Gasteiger charge is -2.47. The minimum atomic E-state index is -2.73. The maximum atomic E-state index is 11.4. The van der Waals surface area contributed by atoms with E-state index in [1.807, 2.05) is 6.92 Å². The number of carboxylic acids is 1. The average molecular weight is 588 g/mol. The summed E-state index contributed by atoms with van der Waals surface area (Å²) in [5, 5.41) is 9.27. The Morgan fingerprint density at radius 1 is 0.700 bits per heavy atom. The Hall–Kier alpha value is 1.79. The molecule has 0 spiro atoms. The molecule has 0 aromatic carbocycles. The zero-order valence-corrected chi connectivity index (χ0v) is 23.5. The summed E-state index contributed by atoms with van der Waals surface area (Å²) in [6.45, 7) is 4.09. The summed E-state index contributed by atoms with van der Waals surface area (Å²) < 4.78 is -9.58. The van der Waals surface area contributed by atoms with Crippen LogP contribution in [-0.2, 0) is 4.79 Å². The second kappa shape index (κ2) is 14.2. The number of hydrogen-bond acceptors (Lipinski definition) is 1. The van der Waals surface area contributed by atoms with Gasteiger partial charge >= 0.3 is 5.97 Å². The van der Waals surface area contributed by atoms with Gasteiger partial charge in [-0.3, -0.25) is 0 Å². The Bertz CT molecular complexity index is 509. The fourth-order valence-electron chi connectivity index (χ4n) is 3.32. The van der Waals surface area contributed by atoms with Gasteiger partial charge in [0.1, 0.15) is 0 Å². The highest BCUT2D eigenvalue weighted by Gasteiger charge is 2.72. The van der Waals surface area contributed by atoms with Crippen LogP contribution in [0.25, 0.3) is 0 Å². The molecule has 30 heavy (non-hydrogen) atoms. The van der Waals surface area contributed by atoms with Gasteiger partial charge in [-0.15, -0.1) is 0 Å². The van der Waals surface area contributed by atoms with Gasteiger partial charge in [0.15, 0.2) is 13.0 Å². The third-order valence-electron chi connectivity index (χ3n) is 5.39. The number of halogens is 8. The molecule has 0 rings (SSSR count). The Kier molecular flexibility index (Phi) is 15.1. The van der Waals surface area contributed by atoms with Crippen LogP contribution in [0.3, 0.4) is 0 Å². The molecule has 0 aromatic rings. The van der Waals surface area contributed by atoms with Crippen molar-refractivity contribution in [2.45, 2.75) is 108 Å². The van der Waals surface area contributed by atoms with E-state index in [0.29, 0.717) is 12.8 Å². The van der Waals surface area contributed by atoms with E-state index < -0.39 is 29.2 Å². The minimum Gasteiger partial charge on any atom is -0.479 e. The zero-order valence-electron chi connectivity index (χ0n) is 17.4. The Labute approximate surface area is 221 Å². The van der Waals surface area contributed by atoms with Gasteiger partial charge in [0.05, 0.1) is 0 Å². The predicted octanol–water partition coefficient (Wildman–Crippen LogP) is 10.1. The molecule has 0 bridgehead atoms. The van der Waals surface area contributed by atoms with Gasteiger partial charge in [-0.1, -0.05) is 177 Å². The molecule has 1 N–H and O–H groups in total. The first-order valence-corrected chi connectivity index (χ1v) is 13.5. The molecule has 0 aromatic heterocycles. The van der Waals surface area contributed by atoms with Crippen LogP contribution in [0.15, 0.2) is 0 Å². The smallest absolute Gasteiger partial charge is 0.343 e. The van der Waals surface area contributed by atoms with Crippen LogP contribution in [-0.4, -0.2) is 28.4 Å². The predicted molar refractivity (Wildman–Crippen MR) is 136 cm³/mol. The summed E-state index contributed by atoms with van der Waals surface area (Å²) in [6.07, 6.45) is 13.1. The molecule has 10 heteroatoms. The molecule has 180 valence electrons. The number of hydrogen-bond donors (Lipinski definition) is 1. The monoisotopic (exact) mass is 584 g/mol. The molecule has 0 radical (unpaired) electrons. The van der Waals surface area contributed by atoms with E-state index in [1.165, 1.54) is 44.9 Å². The van der Waals surface area contributed by atoms with Gasteiger partial charge in [-0.2, -0.15) is 0 Å². The maximum Gasteiger partial charge on any atom is 0.343 e. The second-order valence-electron chi connectivity index (χ2n) is 7.73. The largest absolute Gasteiger partial charge is 0.479 e. The summed E-state index contributed by atoms with van der Waals surface area (Å²) in [6, 6.07) is 0. The van der Waals surface area contributed by atoms with E-state index in [0.717, 1.165) is 19.3 Å². The van der Waals surface area contributed by atoms with Gasteiger partial charge in [0.2, 0.25) is 4.33 Å². The van der Waals surface area contributed by atoms with E-state index in [-0.39, 0.29) is 0 Å². The van der Waals surface area contributed by atoms with Crippen molar-refractivity contribution in [3.8, 4) is 0 Å². The van der Waals surface area contributed by atoms with E-state index in [4.69, 9.17) is 92.8 Å². The Morgan fingerprint density at radius 2 is 1.10 bits per heavy atom. The Balaban J connectivity index is 4.78. The van der Waals surface area contributed by atoms with Crippen LogP contribution in [0.1, 0.15) is 90.9 Å². The molecule has 0 saturated heterocycles. The molecular formula is C20H32Cl8O2. The first-order valence-electron chi connectivity index (χ1n) is 10.5. The quantitative estimate of drug-likeness (QED) is 0.136. The number of alkyl halides is 8. The lowest BCUT2D eigenvalue weighted by molar-refractivity contribution is -0.138. The van der Waals surface area contributed by atoms with Gasteiger partial charge in [-0.05, 0) is 12.3 Å². The first kappa shape index (κ1) is 31.8. The molecule has 2 nitrogen and oxygen atoms in total. The summed E-state index contributed by atoms with van der Waals surface area (Å²) in [7, 11) is 0. The van der Waals surface area contributed by atoms with Crippen molar-refractivity contribution in [3.05, 3.63) is 0 Å². The normalized spacial score (nSPS) is 14.7. The summed E-state index contributed by atoms with van der Waals surface area (Å²) >= 11 is 49.8. The van der Waals surface area contributed by atoms with Crippen LogP contribution in [0, 0.1) is 5.92 Å². The highest BCUT2D eigenvalue weighted by molar-refractivity contribution is 6.76. The molecular weight excluding hydrogens is 556 g/mol. The van der Waals surface area contributed by atoms with Gasteiger partial charge < -0.3 is 5.11 Å². The Morgan fingerprint density at radius 3 is 1.47 bits per heavy atom. The molecule has 1 unspecified atom stereocenters. The van der Waals surface area contributed by atoms with E-state index in [1.54, 1.807) is 0 Å². The van der Waals surface area contributed by atoms with Crippen LogP contribution in [0.2, 0.25) is 0 Å². The maximum absolute atomic E-state index is 11.4. The fraction of sp³-hybridized carbons (Fsp3) is 0.950. The average Bonchev–Trinajstić information content (AvgIpc) is 2.65. The molecule has 0 aliphatic rings. The van der Waals surface area contributed by atoms with Crippen LogP contribution in [0.4, 0.5) is 0 Å². The summed E-state index contributed by atoms with van der Waals surface area (Å²) in [4.78, 5) is 11.4. The van der Waals surface area contributed by atoms with Crippen LogP contribution >= 0.6 is 92.8 Å². The topological polar surface area (TPSA) is 37.3 Å². The zero-order chi connectivity index (χ0) is 23.6. The SMILES string of the molecule is CCCCCCCCCCCCC(CC)C(Cl)(Cl)C(Cl)(Cl)C(Cl)(Cl)C(Cl)(Cl)C(=O)O. The number of rotatable bonds is 17. The lowest BCUT2D eigenvalue weighted by Crippen LogP contribution is -2.62. The molecule has 0 fully saturated rings. The van der Waals surface area contributed by atoms with Crippen LogP contribution in [0.5, 0.6) is 0 Å². The summed E-state index contributed by atoms with van der Waals surface area (Å²) in [5.41, 5.74) is 0. The fourth-order valence-corrected chi connectivity index (χ4v) is 5.85. The van der Waals surface area contributed by atoms with Crippen molar-refractivity contribution >= 4 is 98.8 Å². The van der Waals surface area contributed by atoms with Gasteiger partial charge in [0, 0.05) is 0 Å². The van der Waals surface area contributed by atoms with E-state index >= 15 is 0 Å². The van der Waals surface area contributed by atoms with Gasteiger partial charge in [0.25, 0.3) is 0 Å². The van der Waals surface area contributed by atoms with Crippen molar-refractivity contribution in [1.29, 1.82) is 0 Å². The van der Waals surface area contributed by atoms with Crippen molar-refractivity contribution in [1.82, 2.24) is 0 Å². The second-order valence-corrected chi connectivity index (χ2v) is 13.1. The molecule has 1 atom stereocenters. The van der Waals surface area contributed by atoms with Crippen molar-refractivity contribution < 1.29 is 9.90 Å². The third-order valence-corrected chi connectivity index (χ3v) is 10.9. The van der Waals surface area contributed by atoms with E-state index in [2.05, 4.69) is 6.92 Å². The van der Waals surface area contributed by atoms with Crippen molar-refractivity contribution in [2.24, 2.45) is 5.92 Å². The molecule has 0 saturated carbocycles. The van der Waals surface area contributed by atoms with Crippen LogP contribution < -0.4 is 0 Å². The number of unbranched alkanes of at least 4 members (excludes halogenated alkanes) is 9. The molecule has 0 aliphatic carbocycles. The summed E-state index contributed by atoms with van der Waals surface area (Å²) in [5.74, 6) is -2.12. The van der Waals surface area contributed by atoms with Crippen molar-refractivity contribution in [2.75, 3.05) is 0 Å². The van der Waals surface area contributed by atoms with Crippen molar-refractivity contribution in [3.63, 3.8) is 0 Å². The minimum absolute atomic E-state index is 0.403. The molecule has 0 heterocycles.